The summed E-state index contributed by atoms with van der Waals surface area (Å²) in [6.07, 6.45) is -0.206. The molecule has 1 unspecified atom stereocenters. The number of para-hydroxylation sites is 1. The summed E-state index contributed by atoms with van der Waals surface area (Å²) in [5.41, 5.74) is -1.04. The van der Waals surface area contributed by atoms with Crippen LogP contribution in [0.2, 0.25) is 0 Å². The van der Waals surface area contributed by atoms with Crippen LogP contribution >= 0.6 is 15.9 Å². The average Bonchev–Trinajstić information content (AvgIpc) is 3.12. The number of piperidine rings is 1. The third-order valence-electron chi connectivity index (χ3n) is 6.48. The maximum absolute atomic E-state index is 13.5. The van der Waals surface area contributed by atoms with Crippen LogP contribution in [0.25, 0.3) is 0 Å². The van der Waals surface area contributed by atoms with Crippen LogP contribution in [0.15, 0.2) is 48.5 Å². The van der Waals surface area contributed by atoms with E-state index in [0.29, 0.717) is 0 Å². The van der Waals surface area contributed by atoms with Crippen LogP contribution in [0.1, 0.15) is 46.0 Å². The molecule has 4 rings (SSSR count). The number of fused-ring (bicyclic) bond motifs is 1. The number of rotatable bonds is 7. The van der Waals surface area contributed by atoms with Crippen molar-refractivity contribution in [1.82, 2.24) is 9.80 Å². The van der Waals surface area contributed by atoms with Crippen molar-refractivity contribution in [1.29, 1.82) is 0 Å². The fourth-order valence-corrected chi connectivity index (χ4v) is 4.70. The van der Waals surface area contributed by atoms with Gasteiger partial charge >= 0.3 is 5.97 Å². The number of likely N-dealkylation sites (tertiary alicyclic amines) is 1. The quantitative estimate of drug-likeness (QED) is 0.394. The Morgan fingerprint density at radius 1 is 1.03 bits per heavy atom. The van der Waals surface area contributed by atoms with Gasteiger partial charge in [0, 0.05) is 18.7 Å². The van der Waals surface area contributed by atoms with E-state index < -0.39 is 53.5 Å². The summed E-state index contributed by atoms with van der Waals surface area (Å²) in [6.45, 7) is 0.793. The van der Waals surface area contributed by atoms with Gasteiger partial charge in [0.05, 0.1) is 16.5 Å². The van der Waals surface area contributed by atoms with E-state index in [9.17, 15) is 33.9 Å². The molecule has 0 saturated carbocycles. The maximum atomic E-state index is 13.5. The number of imide groups is 2. The second-order valence-corrected chi connectivity index (χ2v) is 9.32. The fourth-order valence-electron chi connectivity index (χ4n) is 4.56. The fraction of sp³-hybridized carbons (Fsp3) is 0.280. The van der Waals surface area contributed by atoms with Crippen LogP contribution in [0.5, 0.6) is 0 Å². The maximum Gasteiger partial charge on any atom is 0.315 e. The normalized spacial score (nSPS) is 19.2. The SMILES string of the molecule is C[C@](CN1C(=O)CCC(N2C(=O)c3ccccc3C2=O)C1=O)(C(=O)O)c1ccccc1NC(=O)CBr. The Morgan fingerprint density at radius 3 is 2.19 bits per heavy atom. The van der Waals surface area contributed by atoms with E-state index in [1.165, 1.54) is 31.2 Å². The highest BCUT2D eigenvalue weighted by Gasteiger charge is 2.49. The highest BCUT2D eigenvalue weighted by Crippen LogP contribution is 2.35. The monoisotopic (exact) mass is 555 g/mol. The molecule has 1 saturated heterocycles. The van der Waals surface area contributed by atoms with Gasteiger partial charge in [-0.3, -0.25) is 38.6 Å². The van der Waals surface area contributed by atoms with Crippen molar-refractivity contribution in [3.8, 4) is 0 Å². The van der Waals surface area contributed by atoms with Gasteiger partial charge in [-0.1, -0.05) is 46.3 Å². The van der Waals surface area contributed by atoms with Crippen molar-refractivity contribution in [3.05, 3.63) is 65.2 Å². The molecule has 11 heteroatoms. The Labute approximate surface area is 214 Å². The number of carbonyl (C=O) groups is 6. The summed E-state index contributed by atoms with van der Waals surface area (Å²) in [6, 6.07) is 11.2. The number of aliphatic carboxylic acids is 1. The molecule has 0 radical (unpaired) electrons. The lowest BCUT2D eigenvalue weighted by Gasteiger charge is -2.38. The molecule has 186 valence electrons. The number of nitrogens with zero attached hydrogens (tertiary/aromatic N) is 2. The minimum Gasteiger partial charge on any atom is -0.481 e. The molecule has 0 bridgehead atoms. The van der Waals surface area contributed by atoms with Crippen LogP contribution in [-0.4, -0.2) is 68.3 Å². The first-order chi connectivity index (χ1) is 17.1. The van der Waals surface area contributed by atoms with E-state index in [0.717, 1.165) is 9.80 Å². The van der Waals surface area contributed by atoms with E-state index in [1.54, 1.807) is 24.3 Å². The molecule has 2 N–H and O–H groups in total. The zero-order valence-electron chi connectivity index (χ0n) is 19.2. The largest absolute Gasteiger partial charge is 0.481 e. The Bertz CT molecular complexity index is 1280. The Morgan fingerprint density at radius 2 is 1.61 bits per heavy atom. The number of benzene rings is 2. The van der Waals surface area contributed by atoms with Crippen molar-refractivity contribution in [2.75, 3.05) is 17.2 Å². The van der Waals surface area contributed by atoms with Gasteiger partial charge in [-0.15, -0.1) is 0 Å². The number of hydrogen-bond donors (Lipinski definition) is 2. The summed E-state index contributed by atoms with van der Waals surface area (Å²) in [7, 11) is 0. The van der Waals surface area contributed by atoms with E-state index in [-0.39, 0.29) is 40.5 Å². The number of amides is 5. The number of anilines is 1. The number of carboxylic acid groups (broad SMARTS) is 1. The Balaban J connectivity index is 1.67. The number of halogens is 1. The van der Waals surface area contributed by atoms with Crippen molar-refractivity contribution in [2.45, 2.75) is 31.2 Å². The molecule has 36 heavy (non-hydrogen) atoms. The second kappa shape index (κ2) is 9.65. The first-order valence-electron chi connectivity index (χ1n) is 11.1. The zero-order chi connectivity index (χ0) is 26.2. The third-order valence-corrected chi connectivity index (χ3v) is 6.99. The van der Waals surface area contributed by atoms with Gasteiger partial charge in [-0.2, -0.15) is 0 Å². The summed E-state index contributed by atoms with van der Waals surface area (Å²) in [4.78, 5) is 78.4. The van der Waals surface area contributed by atoms with Crippen LogP contribution in [0.3, 0.4) is 0 Å². The molecule has 2 aliphatic heterocycles. The van der Waals surface area contributed by atoms with Crippen molar-refractivity contribution in [3.63, 3.8) is 0 Å². The third kappa shape index (κ3) is 4.19. The minimum absolute atomic E-state index is 0.0177. The van der Waals surface area contributed by atoms with Crippen LogP contribution in [-0.2, 0) is 24.6 Å². The Hall–Kier alpha value is -3.86. The van der Waals surface area contributed by atoms with E-state index in [4.69, 9.17) is 0 Å². The van der Waals surface area contributed by atoms with E-state index in [1.807, 2.05) is 0 Å². The molecule has 10 nitrogen and oxygen atoms in total. The van der Waals surface area contributed by atoms with Gasteiger partial charge < -0.3 is 10.4 Å². The molecular formula is C25H22BrN3O7. The van der Waals surface area contributed by atoms with E-state index >= 15 is 0 Å². The molecular weight excluding hydrogens is 534 g/mol. The van der Waals surface area contributed by atoms with Gasteiger partial charge in [0.15, 0.2) is 0 Å². The molecule has 1 fully saturated rings. The molecule has 5 amide bonds. The van der Waals surface area contributed by atoms with E-state index in [2.05, 4.69) is 21.2 Å². The summed E-state index contributed by atoms with van der Waals surface area (Å²) < 4.78 is 0. The number of nitrogens with one attached hydrogen (secondary N) is 1. The number of alkyl halides is 1. The summed E-state index contributed by atoms with van der Waals surface area (Å²) in [5.74, 6) is -4.44. The number of carboxylic acids is 1. The lowest BCUT2D eigenvalue weighted by Crippen LogP contribution is -2.59. The van der Waals surface area contributed by atoms with Gasteiger partial charge in [0.25, 0.3) is 17.7 Å². The molecule has 0 aliphatic carbocycles. The second-order valence-electron chi connectivity index (χ2n) is 8.76. The molecule has 2 aromatic rings. The smallest absolute Gasteiger partial charge is 0.315 e. The zero-order valence-corrected chi connectivity index (χ0v) is 20.8. The first-order valence-corrected chi connectivity index (χ1v) is 12.2. The predicted octanol–water partition coefficient (Wildman–Crippen LogP) is 2.18. The molecule has 2 aliphatic rings. The highest BCUT2D eigenvalue weighted by molar-refractivity contribution is 9.09. The summed E-state index contributed by atoms with van der Waals surface area (Å²) in [5, 5.41) is 12.8. The minimum atomic E-state index is -1.80. The summed E-state index contributed by atoms with van der Waals surface area (Å²) >= 11 is 3.05. The molecule has 0 aromatic heterocycles. The molecule has 2 aromatic carbocycles. The molecule has 2 atom stereocenters. The first kappa shape index (κ1) is 25.2. The number of hydrogen-bond acceptors (Lipinski definition) is 6. The highest BCUT2D eigenvalue weighted by atomic mass is 79.9. The van der Waals surface area contributed by atoms with Crippen molar-refractivity contribution in [2.24, 2.45) is 0 Å². The van der Waals surface area contributed by atoms with Gasteiger partial charge in [0.2, 0.25) is 11.8 Å². The van der Waals surface area contributed by atoms with Gasteiger partial charge in [-0.05, 0) is 37.1 Å². The van der Waals surface area contributed by atoms with Crippen LogP contribution in [0.4, 0.5) is 5.69 Å². The Kier molecular flexibility index (Phi) is 6.77. The predicted molar refractivity (Wildman–Crippen MR) is 131 cm³/mol. The lowest BCUT2D eigenvalue weighted by atomic mass is 9.80. The molecule has 2 heterocycles. The molecule has 0 spiro atoms. The van der Waals surface area contributed by atoms with Crippen LogP contribution < -0.4 is 5.32 Å². The van der Waals surface area contributed by atoms with Gasteiger partial charge in [0.1, 0.15) is 11.5 Å². The van der Waals surface area contributed by atoms with Crippen molar-refractivity contribution >= 4 is 57.1 Å². The van der Waals surface area contributed by atoms with Crippen LogP contribution in [0, 0.1) is 0 Å². The topological polar surface area (TPSA) is 141 Å². The van der Waals surface area contributed by atoms with Crippen molar-refractivity contribution < 1.29 is 33.9 Å². The van der Waals surface area contributed by atoms with Gasteiger partial charge in [-0.25, -0.2) is 0 Å². The lowest BCUT2D eigenvalue weighted by molar-refractivity contribution is -0.155. The number of carbonyl (C=O) groups excluding carboxylic acids is 5. The standard InChI is InChI=1S/C25H22BrN3O7/c1-25(24(35)36,16-8-4-5-9-17(16)27-19(30)12-26)13-28-20(31)11-10-18(23(28)34)29-21(32)14-6-2-3-7-15(14)22(29)33/h2-9,18H,10-13H2,1H3,(H,27,30)(H,35,36)/t18?,25-/m1/s1. The average molecular weight is 556 g/mol.